The van der Waals surface area contributed by atoms with Crippen LogP contribution in [0, 0.1) is 6.92 Å². The molecule has 0 aliphatic carbocycles. The highest BCUT2D eigenvalue weighted by Crippen LogP contribution is 2.30. The minimum atomic E-state index is -4.20. The van der Waals surface area contributed by atoms with E-state index >= 15 is 0 Å². The van der Waals surface area contributed by atoms with Gasteiger partial charge in [-0.1, -0.05) is 72.6 Å². The van der Waals surface area contributed by atoms with Gasteiger partial charge in [-0.05, 0) is 68.7 Å². The van der Waals surface area contributed by atoms with Crippen LogP contribution in [-0.4, -0.2) is 43.8 Å². The van der Waals surface area contributed by atoms with Crippen molar-refractivity contribution in [3.63, 3.8) is 0 Å². The molecule has 1 N–H and O–H groups in total. The number of aryl methyl sites for hydroxylation is 1. The molecule has 1 atom stereocenters. The van der Waals surface area contributed by atoms with E-state index in [0.717, 1.165) is 15.4 Å². The predicted octanol–water partition coefficient (Wildman–Crippen LogP) is 5.83. The second-order valence-electron chi connectivity index (χ2n) is 9.49. The second kappa shape index (κ2) is 13.3. The molecule has 0 spiro atoms. The summed E-state index contributed by atoms with van der Waals surface area (Å²) in [6.07, 6.45) is 0.338. The smallest absolute Gasteiger partial charge is 0.264 e. The number of carbonyl (C=O) groups is 2. The Morgan fingerprint density at radius 2 is 1.51 bits per heavy atom. The molecule has 0 aliphatic heterocycles. The Labute approximate surface area is 240 Å². The number of rotatable bonds is 11. The highest BCUT2D eigenvalue weighted by atomic mass is 35.5. The van der Waals surface area contributed by atoms with Crippen molar-refractivity contribution in [3.8, 4) is 0 Å². The van der Waals surface area contributed by atoms with Crippen molar-refractivity contribution in [1.29, 1.82) is 0 Å². The third-order valence-corrected chi connectivity index (χ3v) is 8.39. The molecule has 3 rings (SSSR count). The molecule has 0 saturated heterocycles. The largest absolute Gasteiger partial charge is 0.352 e. The molecule has 39 heavy (non-hydrogen) atoms. The first kappa shape index (κ1) is 30.5. The summed E-state index contributed by atoms with van der Waals surface area (Å²) < 4.78 is 28.7. The van der Waals surface area contributed by atoms with Crippen molar-refractivity contribution in [2.75, 3.05) is 10.8 Å². The van der Waals surface area contributed by atoms with Crippen molar-refractivity contribution in [2.24, 2.45) is 0 Å². The minimum absolute atomic E-state index is 0.00365. The normalized spacial score (nSPS) is 12.2. The van der Waals surface area contributed by atoms with Crippen LogP contribution in [0.3, 0.4) is 0 Å². The molecule has 0 fully saturated rings. The van der Waals surface area contributed by atoms with Crippen molar-refractivity contribution in [3.05, 3.63) is 94.0 Å². The van der Waals surface area contributed by atoms with Gasteiger partial charge in [-0.3, -0.25) is 13.9 Å². The van der Waals surface area contributed by atoms with Gasteiger partial charge in [-0.25, -0.2) is 8.42 Å². The van der Waals surface area contributed by atoms with Crippen LogP contribution in [0.25, 0.3) is 0 Å². The van der Waals surface area contributed by atoms with Crippen LogP contribution < -0.4 is 9.62 Å². The van der Waals surface area contributed by atoms with E-state index in [0.29, 0.717) is 6.42 Å². The average molecular weight is 591 g/mol. The van der Waals surface area contributed by atoms with Crippen LogP contribution in [0.1, 0.15) is 38.3 Å². The Kier molecular flexibility index (Phi) is 10.4. The fraction of sp³-hybridized carbons (Fsp3) is 0.310. The standard InChI is InChI=1S/C29H33Cl2N3O4S/c1-5-27(29(36)32-20(2)3)33(18-22-12-10-9-11-21(22)4)28(35)19-34(25-16-23(30)15-24(31)17-25)39(37,38)26-13-7-6-8-14-26/h6-17,20,27H,5,18-19H2,1-4H3,(H,32,36). The van der Waals surface area contributed by atoms with Gasteiger partial charge >= 0.3 is 0 Å². The third kappa shape index (κ3) is 7.75. The van der Waals surface area contributed by atoms with Crippen LogP contribution in [0.2, 0.25) is 10.0 Å². The maximum atomic E-state index is 14.1. The molecule has 1 unspecified atom stereocenters. The lowest BCUT2D eigenvalue weighted by Crippen LogP contribution is -2.53. The van der Waals surface area contributed by atoms with Crippen LogP contribution in [-0.2, 0) is 26.2 Å². The fourth-order valence-corrected chi connectivity index (χ4v) is 6.14. The zero-order valence-corrected chi connectivity index (χ0v) is 24.7. The van der Waals surface area contributed by atoms with Crippen LogP contribution in [0.4, 0.5) is 5.69 Å². The number of hydrogen-bond donors (Lipinski definition) is 1. The van der Waals surface area contributed by atoms with Gasteiger partial charge in [0.15, 0.2) is 0 Å². The van der Waals surface area contributed by atoms with Gasteiger partial charge in [0.05, 0.1) is 10.6 Å². The summed E-state index contributed by atoms with van der Waals surface area (Å²) in [5, 5.41) is 3.33. The summed E-state index contributed by atoms with van der Waals surface area (Å²) in [6, 6.07) is 18.8. The molecular formula is C29H33Cl2N3O4S. The number of nitrogens with zero attached hydrogens (tertiary/aromatic N) is 2. The van der Waals surface area contributed by atoms with Gasteiger partial charge < -0.3 is 10.2 Å². The molecule has 208 valence electrons. The summed E-state index contributed by atoms with van der Waals surface area (Å²) >= 11 is 12.4. The fourth-order valence-electron chi connectivity index (χ4n) is 4.20. The van der Waals surface area contributed by atoms with Gasteiger partial charge in [0.25, 0.3) is 10.0 Å². The van der Waals surface area contributed by atoms with Crippen molar-refractivity contribution in [1.82, 2.24) is 10.2 Å². The number of benzene rings is 3. The monoisotopic (exact) mass is 589 g/mol. The molecule has 2 amide bonds. The summed E-state index contributed by atoms with van der Waals surface area (Å²) in [5.41, 5.74) is 1.94. The zero-order valence-electron chi connectivity index (χ0n) is 22.4. The van der Waals surface area contributed by atoms with E-state index in [1.54, 1.807) is 18.2 Å². The van der Waals surface area contributed by atoms with E-state index in [2.05, 4.69) is 5.32 Å². The average Bonchev–Trinajstić information content (AvgIpc) is 2.87. The molecule has 0 radical (unpaired) electrons. The van der Waals surface area contributed by atoms with E-state index in [1.807, 2.05) is 52.0 Å². The first-order chi connectivity index (χ1) is 18.4. The number of sulfonamides is 1. The van der Waals surface area contributed by atoms with E-state index in [4.69, 9.17) is 23.2 Å². The number of nitrogens with one attached hydrogen (secondary N) is 1. The summed E-state index contributed by atoms with van der Waals surface area (Å²) in [6.45, 7) is 6.99. The summed E-state index contributed by atoms with van der Waals surface area (Å²) in [5.74, 6) is -0.850. The first-order valence-electron chi connectivity index (χ1n) is 12.6. The highest BCUT2D eigenvalue weighted by molar-refractivity contribution is 7.92. The Morgan fingerprint density at radius 3 is 2.08 bits per heavy atom. The summed E-state index contributed by atoms with van der Waals surface area (Å²) in [4.78, 5) is 28.7. The lowest BCUT2D eigenvalue weighted by Gasteiger charge is -2.34. The van der Waals surface area contributed by atoms with E-state index in [1.165, 1.54) is 35.2 Å². The van der Waals surface area contributed by atoms with Gasteiger partial charge in [0.2, 0.25) is 11.8 Å². The quantitative estimate of drug-likeness (QED) is 0.305. The number of hydrogen-bond acceptors (Lipinski definition) is 4. The zero-order chi connectivity index (χ0) is 28.7. The Balaban J connectivity index is 2.10. The van der Waals surface area contributed by atoms with E-state index in [-0.39, 0.29) is 39.1 Å². The molecular weight excluding hydrogens is 557 g/mol. The maximum absolute atomic E-state index is 14.1. The minimum Gasteiger partial charge on any atom is -0.352 e. The molecule has 3 aromatic rings. The van der Waals surface area contributed by atoms with Gasteiger partial charge in [-0.2, -0.15) is 0 Å². The van der Waals surface area contributed by atoms with Crippen LogP contribution >= 0.6 is 23.2 Å². The Hall–Kier alpha value is -3.07. The number of amides is 2. The lowest BCUT2D eigenvalue weighted by molar-refractivity contribution is -0.140. The van der Waals surface area contributed by atoms with Crippen molar-refractivity contribution in [2.45, 2.75) is 57.6 Å². The number of halogens is 2. The van der Waals surface area contributed by atoms with E-state index in [9.17, 15) is 18.0 Å². The third-order valence-electron chi connectivity index (χ3n) is 6.16. The summed E-state index contributed by atoms with van der Waals surface area (Å²) in [7, 11) is -4.20. The Bertz CT molecular complexity index is 1390. The number of carbonyl (C=O) groups excluding carboxylic acids is 2. The second-order valence-corrected chi connectivity index (χ2v) is 12.2. The van der Waals surface area contributed by atoms with Gasteiger partial charge in [0, 0.05) is 22.6 Å². The van der Waals surface area contributed by atoms with E-state index < -0.39 is 28.5 Å². The first-order valence-corrected chi connectivity index (χ1v) is 14.8. The molecule has 0 saturated carbocycles. The Morgan fingerprint density at radius 1 is 0.923 bits per heavy atom. The van der Waals surface area contributed by atoms with Crippen molar-refractivity contribution >= 4 is 50.7 Å². The molecule has 0 bridgehead atoms. The molecule has 10 heteroatoms. The predicted molar refractivity (Wildman–Crippen MR) is 157 cm³/mol. The van der Waals surface area contributed by atoms with Crippen LogP contribution in [0.5, 0.6) is 0 Å². The molecule has 0 aromatic heterocycles. The maximum Gasteiger partial charge on any atom is 0.264 e. The van der Waals surface area contributed by atoms with Crippen molar-refractivity contribution < 1.29 is 18.0 Å². The topological polar surface area (TPSA) is 86.8 Å². The molecule has 0 aliphatic rings. The van der Waals surface area contributed by atoms with Gasteiger partial charge in [0.1, 0.15) is 12.6 Å². The lowest BCUT2D eigenvalue weighted by atomic mass is 10.1. The highest BCUT2D eigenvalue weighted by Gasteiger charge is 2.34. The SMILES string of the molecule is CCC(C(=O)NC(C)C)N(Cc1ccccc1C)C(=O)CN(c1cc(Cl)cc(Cl)c1)S(=O)(=O)c1ccccc1. The van der Waals surface area contributed by atoms with Gasteiger partial charge in [-0.15, -0.1) is 0 Å². The molecule has 3 aromatic carbocycles. The molecule has 7 nitrogen and oxygen atoms in total. The number of anilines is 1. The molecule has 0 heterocycles. The van der Waals surface area contributed by atoms with Crippen LogP contribution in [0.15, 0.2) is 77.7 Å².